The summed E-state index contributed by atoms with van der Waals surface area (Å²) in [5, 5.41) is 12.4. The van der Waals surface area contributed by atoms with Gasteiger partial charge in [0, 0.05) is 17.6 Å². The fourth-order valence-corrected chi connectivity index (χ4v) is 1.45. The Labute approximate surface area is 96.5 Å². The summed E-state index contributed by atoms with van der Waals surface area (Å²) in [5.41, 5.74) is 1.51. The van der Waals surface area contributed by atoms with E-state index in [0.29, 0.717) is 6.54 Å². The van der Waals surface area contributed by atoms with Crippen molar-refractivity contribution in [3.8, 4) is 0 Å². The van der Waals surface area contributed by atoms with Crippen LogP contribution in [0.5, 0.6) is 0 Å². The van der Waals surface area contributed by atoms with Gasteiger partial charge >= 0.3 is 0 Å². The highest BCUT2D eigenvalue weighted by atomic mass is 19.1. The van der Waals surface area contributed by atoms with Gasteiger partial charge in [-0.1, -0.05) is 13.8 Å². The SMILES string of the molecule is CCC(C)(CO)CNc1cc(C)cc(F)c1. The van der Waals surface area contributed by atoms with Crippen molar-refractivity contribution in [1.82, 2.24) is 0 Å². The van der Waals surface area contributed by atoms with Gasteiger partial charge in [-0.25, -0.2) is 4.39 Å². The molecule has 0 radical (unpaired) electrons. The maximum absolute atomic E-state index is 13.1. The first kappa shape index (κ1) is 13.0. The highest BCUT2D eigenvalue weighted by molar-refractivity contribution is 5.46. The van der Waals surface area contributed by atoms with Crippen molar-refractivity contribution in [3.63, 3.8) is 0 Å². The van der Waals surface area contributed by atoms with Crippen LogP contribution in [0.3, 0.4) is 0 Å². The third-order valence-electron chi connectivity index (χ3n) is 3.00. The Hall–Kier alpha value is -1.09. The standard InChI is InChI=1S/C13H20FNO/c1-4-13(3,9-16)8-15-12-6-10(2)5-11(14)7-12/h5-7,15-16H,4,8-9H2,1-3H3. The lowest BCUT2D eigenvalue weighted by molar-refractivity contribution is 0.149. The predicted octanol–water partition coefficient (Wildman–Crippen LogP) is 2.95. The Morgan fingerprint density at radius 2 is 2.06 bits per heavy atom. The summed E-state index contributed by atoms with van der Waals surface area (Å²) in [6, 6.07) is 4.87. The van der Waals surface area contributed by atoms with E-state index in [-0.39, 0.29) is 17.8 Å². The van der Waals surface area contributed by atoms with E-state index >= 15 is 0 Å². The average Bonchev–Trinajstić information content (AvgIpc) is 2.25. The van der Waals surface area contributed by atoms with Crippen LogP contribution >= 0.6 is 0 Å². The molecule has 0 aliphatic heterocycles. The number of hydrogen-bond donors (Lipinski definition) is 2. The number of anilines is 1. The molecule has 1 aromatic carbocycles. The summed E-state index contributed by atoms with van der Waals surface area (Å²) in [6.07, 6.45) is 0.880. The quantitative estimate of drug-likeness (QED) is 0.807. The zero-order chi connectivity index (χ0) is 12.2. The summed E-state index contributed by atoms with van der Waals surface area (Å²) in [5.74, 6) is -0.232. The van der Waals surface area contributed by atoms with Crippen LogP contribution in [0.15, 0.2) is 18.2 Å². The molecule has 0 saturated carbocycles. The van der Waals surface area contributed by atoms with Crippen molar-refractivity contribution in [2.24, 2.45) is 5.41 Å². The summed E-state index contributed by atoms with van der Waals surface area (Å²) in [7, 11) is 0. The first-order chi connectivity index (χ1) is 7.49. The molecular weight excluding hydrogens is 205 g/mol. The van der Waals surface area contributed by atoms with Gasteiger partial charge in [-0.2, -0.15) is 0 Å². The Morgan fingerprint density at radius 3 is 2.56 bits per heavy atom. The van der Waals surface area contributed by atoms with Crippen LogP contribution in [0.2, 0.25) is 0 Å². The van der Waals surface area contributed by atoms with E-state index in [1.165, 1.54) is 12.1 Å². The molecule has 0 fully saturated rings. The summed E-state index contributed by atoms with van der Waals surface area (Å²) in [6.45, 7) is 6.67. The Bertz CT molecular complexity index is 328. The molecule has 0 aliphatic rings. The van der Waals surface area contributed by atoms with E-state index in [9.17, 15) is 9.50 Å². The summed E-state index contributed by atoms with van der Waals surface area (Å²) < 4.78 is 13.1. The molecule has 3 heteroatoms. The number of nitrogens with one attached hydrogen (secondary N) is 1. The van der Waals surface area contributed by atoms with Crippen molar-refractivity contribution in [2.45, 2.75) is 27.2 Å². The van der Waals surface area contributed by atoms with Crippen LogP contribution in [-0.2, 0) is 0 Å². The van der Waals surface area contributed by atoms with E-state index in [4.69, 9.17) is 0 Å². The third-order valence-corrected chi connectivity index (χ3v) is 3.00. The lowest BCUT2D eigenvalue weighted by Gasteiger charge is -2.26. The Kier molecular flexibility index (Phi) is 4.30. The minimum atomic E-state index is -0.232. The molecule has 2 nitrogen and oxygen atoms in total. The molecule has 0 heterocycles. The Balaban J connectivity index is 2.67. The first-order valence-corrected chi connectivity index (χ1v) is 5.61. The number of benzene rings is 1. The van der Waals surface area contributed by atoms with Gasteiger partial charge in [0.2, 0.25) is 0 Å². The van der Waals surface area contributed by atoms with Crippen LogP contribution in [-0.4, -0.2) is 18.3 Å². The van der Waals surface area contributed by atoms with Crippen molar-refractivity contribution in [3.05, 3.63) is 29.6 Å². The number of aliphatic hydroxyl groups is 1. The first-order valence-electron chi connectivity index (χ1n) is 5.61. The normalized spacial score (nSPS) is 14.6. The topological polar surface area (TPSA) is 32.3 Å². The maximum Gasteiger partial charge on any atom is 0.125 e. The molecule has 90 valence electrons. The second-order valence-corrected chi connectivity index (χ2v) is 4.69. The van der Waals surface area contributed by atoms with Crippen molar-refractivity contribution in [2.75, 3.05) is 18.5 Å². The molecule has 0 aromatic heterocycles. The highest BCUT2D eigenvalue weighted by Crippen LogP contribution is 2.21. The molecule has 1 unspecified atom stereocenters. The molecule has 1 aromatic rings. The summed E-state index contributed by atoms with van der Waals surface area (Å²) in [4.78, 5) is 0. The van der Waals surface area contributed by atoms with E-state index in [2.05, 4.69) is 5.32 Å². The largest absolute Gasteiger partial charge is 0.396 e. The van der Waals surface area contributed by atoms with E-state index in [0.717, 1.165) is 17.7 Å². The van der Waals surface area contributed by atoms with Gasteiger partial charge in [0.05, 0.1) is 6.61 Å². The van der Waals surface area contributed by atoms with E-state index < -0.39 is 0 Å². The van der Waals surface area contributed by atoms with Crippen molar-refractivity contribution < 1.29 is 9.50 Å². The van der Waals surface area contributed by atoms with E-state index in [1.807, 2.05) is 26.8 Å². The third kappa shape index (κ3) is 3.49. The van der Waals surface area contributed by atoms with Crippen LogP contribution < -0.4 is 5.32 Å². The minimum Gasteiger partial charge on any atom is -0.396 e. The zero-order valence-corrected chi connectivity index (χ0v) is 10.2. The fraction of sp³-hybridized carbons (Fsp3) is 0.538. The van der Waals surface area contributed by atoms with E-state index in [1.54, 1.807) is 0 Å². The number of aliphatic hydroxyl groups excluding tert-OH is 1. The monoisotopic (exact) mass is 225 g/mol. The molecule has 0 amide bonds. The minimum absolute atomic E-state index is 0.130. The molecule has 16 heavy (non-hydrogen) atoms. The van der Waals surface area contributed by atoms with Gasteiger partial charge in [-0.3, -0.25) is 0 Å². The second kappa shape index (κ2) is 5.30. The van der Waals surface area contributed by atoms with Crippen molar-refractivity contribution >= 4 is 5.69 Å². The molecule has 0 spiro atoms. The van der Waals surface area contributed by atoms with Crippen LogP contribution in [0.4, 0.5) is 10.1 Å². The van der Waals surface area contributed by atoms with Crippen LogP contribution in [0.1, 0.15) is 25.8 Å². The van der Waals surface area contributed by atoms with Gasteiger partial charge in [0.15, 0.2) is 0 Å². The molecule has 0 saturated heterocycles. The maximum atomic E-state index is 13.1. The number of halogens is 1. The van der Waals surface area contributed by atoms with Gasteiger partial charge in [-0.15, -0.1) is 0 Å². The fourth-order valence-electron chi connectivity index (χ4n) is 1.45. The second-order valence-electron chi connectivity index (χ2n) is 4.69. The molecular formula is C13H20FNO. The molecule has 2 N–H and O–H groups in total. The highest BCUT2D eigenvalue weighted by Gasteiger charge is 2.20. The smallest absolute Gasteiger partial charge is 0.125 e. The lowest BCUT2D eigenvalue weighted by atomic mass is 9.88. The molecule has 0 aliphatic carbocycles. The number of aryl methyl sites for hydroxylation is 1. The zero-order valence-electron chi connectivity index (χ0n) is 10.2. The van der Waals surface area contributed by atoms with Gasteiger partial charge in [0.1, 0.15) is 5.82 Å². The lowest BCUT2D eigenvalue weighted by Crippen LogP contribution is -2.29. The predicted molar refractivity (Wildman–Crippen MR) is 65.1 cm³/mol. The molecule has 0 bridgehead atoms. The number of hydrogen-bond acceptors (Lipinski definition) is 2. The van der Waals surface area contributed by atoms with Crippen molar-refractivity contribution in [1.29, 1.82) is 0 Å². The Morgan fingerprint density at radius 1 is 1.38 bits per heavy atom. The number of rotatable bonds is 5. The molecule has 1 rings (SSSR count). The van der Waals surface area contributed by atoms with Gasteiger partial charge in [-0.05, 0) is 37.1 Å². The summed E-state index contributed by atoms with van der Waals surface area (Å²) >= 11 is 0. The van der Waals surface area contributed by atoms with Gasteiger partial charge in [0.25, 0.3) is 0 Å². The van der Waals surface area contributed by atoms with Crippen LogP contribution in [0, 0.1) is 18.2 Å². The molecule has 1 atom stereocenters. The average molecular weight is 225 g/mol. The van der Waals surface area contributed by atoms with Crippen LogP contribution in [0.25, 0.3) is 0 Å². The van der Waals surface area contributed by atoms with Gasteiger partial charge < -0.3 is 10.4 Å².